The lowest BCUT2D eigenvalue weighted by Gasteiger charge is -2.03. The van der Waals surface area contributed by atoms with Gasteiger partial charge in [0.05, 0.1) is 6.61 Å². The number of esters is 1. The van der Waals surface area contributed by atoms with Gasteiger partial charge in [-0.15, -0.1) is 0 Å². The summed E-state index contributed by atoms with van der Waals surface area (Å²) in [7, 11) is 0. The van der Waals surface area contributed by atoms with Crippen LogP contribution in [0.15, 0.2) is 12.1 Å². The molecule has 6 heteroatoms. The van der Waals surface area contributed by atoms with Crippen LogP contribution >= 0.6 is 23.2 Å². The zero-order valence-electron chi connectivity index (χ0n) is 8.50. The predicted molar refractivity (Wildman–Crippen MR) is 59.6 cm³/mol. The van der Waals surface area contributed by atoms with E-state index in [1.54, 1.807) is 13.0 Å². The summed E-state index contributed by atoms with van der Waals surface area (Å²) >= 11 is 11.3. The van der Waals surface area contributed by atoms with E-state index in [9.17, 15) is 9.59 Å². The van der Waals surface area contributed by atoms with Crippen molar-refractivity contribution in [3.05, 3.63) is 28.0 Å². The number of carbonyl (C=O) groups excluding carboxylic acids is 2. The van der Waals surface area contributed by atoms with Crippen LogP contribution in [0.5, 0.6) is 0 Å². The van der Waals surface area contributed by atoms with Crippen LogP contribution in [0.4, 0.5) is 0 Å². The molecule has 16 heavy (non-hydrogen) atoms. The highest BCUT2D eigenvalue weighted by Gasteiger charge is 2.17. The first-order chi connectivity index (χ1) is 7.54. The van der Waals surface area contributed by atoms with Crippen molar-refractivity contribution >= 4 is 35.0 Å². The van der Waals surface area contributed by atoms with Crippen molar-refractivity contribution in [2.75, 3.05) is 6.61 Å². The second-order valence-corrected chi connectivity index (χ2v) is 3.65. The molecular formula is C10H9Cl2NO3. The molecule has 1 heterocycles. The number of nitrogens with zero attached hydrogens (tertiary/aromatic N) is 1. The SMILES string of the molecule is CCOC(=O)C(=O)Cc1ccc(Cl)nc1Cl. The second kappa shape index (κ2) is 5.82. The molecule has 0 spiro atoms. The molecule has 0 aliphatic rings. The van der Waals surface area contributed by atoms with E-state index in [1.165, 1.54) is 6.07 Å². The number of ketones is 1. The van der Waals surface area contributed by atoms with Crippen molar-refractivity contribution in [3.63, 3.8) is 0 Å². The Labute approximate surface area is 103 Å². The summed E-state index contributed by atoms with van der Waals surface area (Å²) in [5, 5.41) is 0.350. The number of pyridine rings is 1. The number of carbonyl (C=O) groups is 2. The first-order valence-electron chi connectivity index (χ1n) is 4.55. The Kier molecular flexibility index (Phi) is 4.71. The van der Waals surface area contributed by atoms with Gasteiger partial charge in [0.25, 0.3) is 0 Å². The molecule has 86 valence electrons. The number of halogens is 2. The van der Waals surface area contributed by atoms with Gasteiger partial charge in [-0.1, -0.05) is 29.3 Å². The lowest BCUT2D eigenvalue weighted by molar-refractivity contribution is -0.153. The lowest BCUT2D eigenvalue weighted by atomic mass is 10.1. The quantitative estimate of drug-likeness (QED) is 0.473. The van der Waals surface area contributed by atoms with Gasteiger partial charge < -0.3 is 4.74 Å². The van der Waals surface area contributed by atoms with E-state index in [0.29, 0.717) is 5.56 Å². The Morgan fingerprint density at radius 1 is 1.38 bits per heavy atom. The van der Waals surface area contributed by atoms with Gasteiger partial charge in [-0.25, -0.2) is 9.78 Å². The Morgan fingerprint density at radius 2 is 2.06 bits per heavy atom. The highest BCUT2D eigenvalue weighted by molar-refractivity contribution is 6.36. The Hall–Kier alpha value is -1.13. The Bertz CT molecular complexity index is 421. The standard InChI is InChI=1S/C10H9Cl2NO3/c1-2-16-10(15)7(14)5-6-3-4-8(11)13-9(6)12/h3-4H,2,5H2,1H3. The maximum absolute atomic E-state index is 11.3. The first kappa shape index (κ1) is 12.9. The maximum Gasteiger partial charge on any atom is 0.374 e. The summed E-state index contributed by atoms with van der Waals surface area (Å²) in [6.07, 6.45) is -0.137. The molecule has 1 aromatic heterocycles. The van der Waals surface area contributed by atoms with Crippen molar-refractivity contribution in [2.45, 2.75) is 13.3 Å². The summed E-state index contributed by atoms with van der Waals surface area (Å²) in [5.74, 6) is -1.53. The minimum Gasteiger partial charge on any atom is -0.460 e. The Morgan fingerprint density at radius 3 is 2.62 bits per heavy atom. The normalized spacial score (nSPS) is 9.94. The van der Waals surface area contributed by atoms with Gasteiger partial charge in [0.1, 0.15) is 10.3 Å². The number of hydrogen-bond acceptors (Lipinski definition) is 4. The number of Topliss-reactive ketones (excluding diaryl/α,β-unsaturated/α-hetero) is 1. The number of ether oxygens (including phenoxy) is 1. The molecule has 0 aliphatic heterocycles. The monoisotopic (exact) mass is 261 g/mol. The van der Waals surface area contributed by atoms with Gasteiger partial charge in [-0.3, -0.25) is 4.79 Å². The molecule has 4 nitrogen and oxygen atoms in total. The van der Waals surface area contributed by atoms with E-state index in [4.69, 9.17) is 23.2 Å². The van der Waals surface area contributed by atoms with Crippen LogP contribution in [-0.4, -0.2) is 23.3 Å². The molecule has 1 rings (SSSR count). The summed E-state index contributed by atoms with van der Waals surface area (Å²) in [4.78, 5) is 26.2. The van der Waals surface area contributed by atoms with Crippen LogP contribution in [0.1, 0.15) is 12.5 Å². The van der Waals surface area contributed by atoms with Crippen molar-refractivity contribution in [2.24, 2.45) is 0 Å². The number of hydrogen-bond donors (Lipinski definition) is 0. The fourth-order valence-electron chi connectivity index (χ4n) is 1.03. The van der Waals surface area contributed by atoms with Crippen LogP contribution in [0.3, 0.4) is 0 Å². The van der Waals surface area contributed by atoms with Crippen molar-refractivity contribution in [1.29, 1.82) is 0 Å². The van der Waals surface area contributed by atoms with E-state index in [0.717, 1.165) is 0 Å². The van der Waals surface area contributed by atoms with Gasteiger partial charge in [0.15, 0.2) is 0 Å². The molecule has 0 amide bonds. The van der Waals surface area contributed by atoms with E-state index >= 15 is 0 Å². The number of rotatable bonds is 4. The van der Waals surface area contributed by atoms with E-state index in [2.05, 4.69) is 9.72 Å². The summed E-state index contributed by atoms with van der Waals surface area (Å²) < 4.78 is 4.56. The average molecular weight is 262 g/mol. The largest absolute Gasteiger partial charge is 0.460 e. The third kappa shape index (κ3) is 3.47. The van der Waals surface area contributed by atoms with E-state index in [-0.39, 0.29) is 23.3 Å². The molecular weight excluding hydrogens is 253 g/mol. The minimum absolute atomic E-state index is 0.116. The molecule has 0 saturated carbocycles. The molecule has 1 aromatic rings. The predicted octanol–water partition coefficient (Wildman–Crippen LogP) is 2.06. The smallest absolute Gasteiger partial charge is 0.374 e. The van der Waals surface area contributed by atoms with Crippen molar-refractivity contribution < 1.29 is 14.3 Å². The zero-order valence-corrected chi connectivity index (χ0v) is 10.0. The third-order valence-electron chi connectivity index (χ3n) is 1.75. The zero-order chi connectivity index (χ0) is 12.1. The second-order valence-electron chi connectivity index (χ2n) is 2.90. The third-order valence-corrected chi connectivity index (χ3v) is 2.28. The summed E-state index contributed by atoms with van der Waals surface area (Å²) in [6, 6.07) is 3.05. The van der Waals surface area contributed by atoms with Crippen molar-refractivity contribution in [3.8, 4) is 0 Å². The average Bonchev–Trinajstić information content (AvgIpc) is 2.22. The van der Waals surface area contributed by atoms with Gasteiger partial charge in [0.2, 0.25) is 5.78 Å². The van der Waals surface area contributed by atoms with E-state index < -0.39 is 11.8 Å². The molecule has 0 N–H and O–H groups in total. The van der Waals surface area contributed by atoms with Crippen LogP contribution in [-0.2, 0) is 20.7 Å². The number of aromatic nitrogens is 1. The van der Waals surface area contributed by atoms with Crippen LogP contribution in [0, 0.1) is 0 Å². The highest BCUT2D eigenvalue weighted by Crippen LogP contribution is 2.17. The van der Waals surface area contributed by atoms with Gasteiger partial charge >= 0.3 is 5.97 Å². The van der Waals surface area contributed by atoms with Crippen molar-refractivity contribution in [1.82, 2.24) is 4.98 Å². The van der Waals surface area contributed by atoms with Gasteiger partial charge in [-0.2, -0.15) is 0 Å². The van der Waals surface area contributed by atoms with Crippen LogP contribution in [0.25, 0.3) is 0 Å². The van der Waals surface area contributed by atoms with E-state index in [1.807, 2.05) is 0 Å². The van der Waals surface area contributed by atoms with Crippen LogP contribution in [0.2, 0.25) is 10.3 Å². The lowest BCUT2D eigenvalue weighted by Crippen LogP contribution is -2.19. The molecule has 0 bridgehead atoms. The Balaban J connectivity index is 2.73. The molecule has 0 unspecified atom stereocenters. The molecule has 0 aliphatic carbocycles. The maximum atomic E-state index is 11.3. The first-order valence-corrected chi connectivity index (χ1v) is 5.31. The summed E-state index contributed by atoms with van der Waals surface area (Å²) in [5.41, 5.74) is 0.448. The fourth-order valence-corrected chi connectivity index (χ4v) is 1.44. The van der Waals surface area contributed by atoms with Crippen LogP contribution < -0.4 is 0 Å². The molecule has 0 atom stereocenters. The molecule has 0 radical (unpaired) electrons. The fraction of sp³-hybridized carbons (Fsp3) is 0.300. The molecule has 0 saturated heterocycles. The van der Waals surface area contributed by atoms with Gasteiger partial charge in [0, 0.05) is 6.42 Å². The van der Waals surface area contributed by atoms with Gasteiger partial charge in [-0.05, 0) is 18.6 Å². The highest BCUT2D eigenvalue weighted by atomic mass is 35.5. The topological polar surface area (TPSA) is 56.3 Å². The summed E-state index contributed by atoms with van der Waals surface area (Å²) in [6.45, 7) is 1.79. The molecule has 0 fully saturated rings. The molecule has 0 aromatic carbocycles. The minimum atomic E-state index is -0.867.